The zero-order valence-electron chi connectivity index (χ0n) is 9.70. The van der Waals surface area contributed by atoms with E-state index in [1.54, 1.807) is 0 Å². The Labute approximate surface area is 118 Å². The van der Waals surface area contributed by atoms with Crippen molar-refractivity contribution in [3.63, 3.8) is 0 Å². The van der Waals surface area contributed by atoms with E-state index in [1.165, 1.54) is 32.1 Å². The maximum absolute atomic E-state index is 4.96. The maximum atomic E-state index is 4.96. The molecule has 4 nitrogen and oxygen atoms in total. The minimum Gasteiger partial charge on any atom is -0.242 e. The molecule has 6 heteroatoms. The fraction of sp³-hybridized carbons (Fsp3) is 0.889. The smallest absolute Gasteiger partial charge is 0.242 e. The van der Waals surface area contributed by atoms with Crippen LogP contribution in [-0.4, -0.2) is 20.2 Å². The number of aromatic amines is 1. The molecule has 1 rings (SSSR count). The zero-order valence-corrected chi connectivity index (χ0v) is 12.5. The first-order chi connectivity index (χ1) is 6.84. The van der Waals surface area contributed by atoms with Crippen LogP contribution in [0.5, 0.6) is 0 Å². The Morgan fingerprint density at radius 2 is 1.87 bits per heavy atom. The van der Waals surface area contributed by atoms with Crippen molar-refractivity contribution in [2.75, 3.05) is 0 Å². The summed E-state index contributed by atoms with van der Waals surface area (Å²) in [5.41, 5.74) is 0. The summed E-state index contributed by atoms with van der Waals surface area (Å²) in [6.45, 7) is 3.15. The van der Waals surface area contributed by atoms with Gasteiger partial charge in [-0.1, -0.05) is 49.3 Å². The third kappa shape index (κ3) is 6.45. The molecule has 0 saturated carbocycles. The quantitative estimate of drug-likeness (QED) is 0.402. The van der Waals surface area contributed by atoms with E-state index >= 15 is 0 Å². The molecule has 0 spiro atoms. The molecule has 1 aromatic rings. The van der Waals surface area contributed by atoms with Crippen molar-refractivity contribution >= 4 is 12.2 Å². The second-order valence-electron chi connectivity index (χ2n) is 3.50. The van der Waals surface area contributed by atoms with Crippen LogP contribution in [0.4, 0.5) is 0 Å². The monoisotopic (exact) mass is 237 g/mol. The molecule has 0 bridgehead atoms. The molecule has 0 saturated heterocycles. The van der Waals surface area contributed by atoms with Gasteiger partial charge in [0, 0.05) is 6.54 Å². The number of aryl methyl sites for hydroxylation is 1. The van der Waals surface area contributed by atoms with E-state index in [4.69, 9.17) is 12.2 Å². The van der Waals surface area contributed by atoms with Crippen LogP contribution in [0.2, 0.25) is 0 Å². The van der Waals surface area contributed by atoms with Gasteiger partial charge in [0.2, 0.25) is 4.77 Å². The Kier molecular flexibility index (Phi) is 9.70. The van der Waals surface area contributed by atoms with E-state index in [1.807, 2.05) is 4.68 Å². The molecule has 15 heavy (non-hydrogen) atoms. The number of nitrogens with one attached hydrogen (secondary N) is 1. The van der Waals surface area contributed by atoms with Crippen molar-refractivity contribution in [1.29, 1.82) is 0 Å². The number of nitrogens with zero attached hydrogens (tertiary/aromatic N) is 3. The SMILES string of the molecule is CCCCCCCCn1[nH]nnc1=S.[Na+]. The first kappa shape index (κ1) is 15.3. The second kappa shape index (κ2) is 9.51. The first-order valence-electron chi connectivity index (χ1n) is 5.32. The van der Waals surface area contributed by atoms with Crippen molar-refractivity contribution in [2.45, 2.75) is 52.0 Å². The number of rotatable bonds is 7. The van der Waals surface area contributed by atoms with Crippen LogP contribution < -0.4 is 29.6 Å². The van der Waals surface area contributed by atoms with Crippen molar-refractivity contribution in [3.05, 3.63) is 4.77 Å². The number of hydrogen-bond acceptors (Lipinski definition) is 3. The standard InChI is InChI=1S/C9H18N4S.Na/c1-2-3-4-5-6-7-8-13-9(14)10-11-12-13;/h2-8H2,1H3,(H,10,12,14);/q;+1. The van der Waals surface area contributed by atoms with Crippen molar-refractivity contribution in [1.82, 2.24) is 20.2 Å². The Balaban J connectivity index is 0.00000196. The Hall–Kier alpha value is 0.290. The van der Waals surface area contributed by atoms with Gasteiger partial charge in [0.15, 0.2) is 0 Å². The third-order valence-corrected chi connectivity index (χ3v) is 2.57. The Morgan fingerprint density at radius 1 is 1.20 bits per heavy atom. The summed E-state index contributed by atoms with van der Waals surface area (Å²) in [5, 5.41) is 10.1. The summed E-state index contributed by atoms with van der Waals surface area (Å²) in [4.78, 5) is 0. The molecule has 0 fully saturated rings. The summed E-state index contributed by atoms with van der Waals surface area (Å²) < 4.78 is 2.37. The van der Waals surface area contributed by atoms with Crippen LogP contribution in [-0.2, 0) is 6.54 Å². The molecule has 1 heterocycles. The molecule has 0 amide bonds. The zero-order chi connectivity index (χ0) is 10.2. The van der Waals surface area contributed by atoms with Crippen LogP contribution in [0.1, 0.15) is 45.4 Å². The van der Waals surface area contributed by atoms with Crippen molar-refractivity contribution in [3.8, 4) is 0 Å². The second-order valence-corrected chi connectivity index (χ2v) is 3.87. The third-order valence-electron chi connectivity index (χ3n) is 2.27. The van der Waals surface area contributed by atoms with Crippen LogP contribution in [0.3, 0.4) is 0 Å². The molecule has 0 aromatic carbocycles. The molecule has 1 aromatic heterocycles. The van der Waals surface area contributed by atoms with E-state index < -0.39 is 0 Å². The minimum absolute atomic E-state index is 0. The van der Waals surface area contributed by atoms with Gasteiger partial charge in [0.05, 0.1) is 0 Å². The summed E-state index contributed by atoms with van der Waals surface area (Å²) >= 11 is 4.96. The molecule has 0 aliphatic heterocycles. The summed E-state index contributed by atoms with van der Waals surface area (Å²) in [5.74, 6) is 0. The van der Waals surface area contributed by atoms with Gasteiger partial charge in [-0.3, -0.25) is 0 Å². The molecule has 0 atom stereocenters. The van der Waals surface area contributed by atoms with E-state index in [0.29, 0.717) is 4.77 Å². The van der Waals surface area contributed by atoms with Crippen LogP contribution in [0.15, 0.2) is 0 Å². The van der Waals surface area contributed by atoms with Gasteiger partial charge in [-0.2, -0.15) is 5.21 Å². The van der Waals surface area contributed by atoms with Crippen LogP contribution >= 0.6 is 12.2 Å². The van der Waals surface area contributed by atoms with E-state index in [2.05, 4.69) is 22.4 Å². The summed E-state index contributed by atoms with van der Waals surface area (Å²) in [6, 6.07) is 0. The molecular weight excluding hydrogens is 219 g/mol. The van der Waals surface area contributed by atoms with Gasteiger partial charge in [0.1, 0.15) is 0 Å². The fourth-order valence-electron chi connectivity index (χ4n) is 1.41. The van der Waals surface area contributed by atoms with Gasteiger partial charge in [0.25, 0.3) is 0 Å². The van der Waals surface area contributed by atoms with Crippen molar-refractivity contribution in [2.24, 2.45) is 0 Å². The van der Waals surface area contributed by atoms with Gasteiger partial charge >= 0.3 is 29.6 Å². The molecule has 0 aliphatic carbocycles. The van der Waals surface area contributed by atoms with Crippen LogP contribution in [0.25, 0.3) is 0 Å². The average Bonchev–Trinajstić information content (AvgIpc) is 2.58. The van der Waals surface area contributed by atoms with E-state index in [9.17, 15) is 0 Å². The maximum Gasteiger partial charge on any atom is 1.00 e. The normalized spacial score (nSPS) is 9.93. The predicted octanol–water partition coefficient (Wildman–Crippen LogP) is -0.300. The van der Waals surface area contributed by atoms with Gasteiger partial charge in [-0.25, -0.2) is 4.68 Å². The molecule has 0 aliphatic rings. The predicted molar refractivity (Wildman–Crippen MR) is 58.6 cm³/mol. The number of aromatic nitrogens is 4. The summed E-state index contributed by atoms with van der Waals surface area (Å²) in [6.07, 6.45) is 7.75. The van der Waals surface area contributed by atoms with Crippen molar-refractivity contribution < 1.29 is 29.6 Å². The van der Waals surface area contributed by atoms with Gasteiger partial charge < -0.3 is 0 Å². The number of hydrogen-bond donors (Lipinski definition) is 1. The molecule has 0 radical (unpaired) electrons. The fourth-order valence-corrected chi connectivity index (χ4v) is 1.58. The van der Waals surface area contributed by atoms with Gasteiger partial charge in [-0.05, 0) is 18.6 Å². The van der Waals surface area contributed by atoms with Gasteiger partial charge in [-0.15, -0.1) is 0 Å². The first-order valence-corrected chi connectivity index (χ1v) is 5.73. The minimum atomic E-state index is 0. The Bertz CT molecular complexity index is 296. The molecular formula is C9H18N4NaS+. The molecule has 1 N–H and O–H groups in total. The van der Waals surface area contributed by atoms with E-state index in [-0.39, 0.29) is 29.6 Å². The van der Waals surface area contributed by atoms with Crippen LogP contribution in [0, 0.1) is 4.77 Å². The number of H-pyrrole nitrogens is 1. The van der Waals surface area contributed by atoms with E-state index in [0.717, 1.165) is 13.0 Å². The molecule has 80 valence electrons. The molecule has 0 unspecified atom stereocenters. The summed E-state index contributed by atoms with van der Waals surface area (Å²) in [7, 11) is 0. The number of tetrazole rings is 1. The topological polar surface area (TPSA) is 46.5 Å². The Morgan fingerprint density at radius 3 is 2.47 bits per heavy atom. The number of unbranched alkanes of at least 4 members (excludes halogenated alkanes) is 5. The largest absolute Gasteiger partial charge is 1.00 e. The average molecular weight is 237 g/mol.